The highest BCUT2D eigenvalue weighted by atomic mass is 35.5. The van der Waals surface area contributed by atoms with Crippen LogP contribution in [0.25, 0.3) is 0 Å². The Hall–Kier alpha value is -3.07. The highest BCUT2D eigenvalue weighted by Crippen LogP contribution is 2.29. The van der Waals surface area contributed by atoms with Crippen molar-refractivity contribution in [1.82, 2.24) is 4.31 Å². The number of nitrogens with one attached hydrogen (secondary N) is 1. The van der Waals surface area contributed by atoms with Gasteiger partial charge < -0.3 is 10.1 Å². The molecule has 0 saturated heterocycles. The minimum atomic E-state index is -4.10. The Morgan fingerprint density at radius 1 is 0.757 bits per heavy atom. The second-order valence-electron chi connectivity index (χ2n) is 7.91. The van der Waals surface area contributed by atoms with E-state index < -0.39 is 22.5 Å². The van der Waals surface area contributed by atoms with Gasteiger partial charge in [-0.05, 0) is 72.8 Å². The molecule has 1 amide bonds. The van der Waals surface area contributed by atoms with Crippen molar-refractivity contribution in [1.29, 1.82) is 0 Å². The first-order valence-electron chi connectivity index (χ1n) is 11.0. The number of carbonyl (C=O) groups is 1. The Morgan fingerprint density at radius 2 is 1.35 bits per heavy atom. The van der Waals surface area contributed by atoms with Crippen LogP contribution in [0.3, 0.4) is 0 Å². The average Bonchev–Trinajstić information content (AvgIpc) is 2.87. The third-order valence-corrected chi connectivity index (χ3v) is 8.05. The van der Waals surface area contributed by atoms with Gasteiger partial charge in [-0.1, -0.05) is 59.1 Å². The molecule has 4 aromatic rings. The molecular weight excluding hydrogens is 555 g/mol. The van der Waals surface area contributed by atoms with Crippen molar-refractivity contribution in [3.05, 3.63) is 118 Å². The second kappa shape index (κ2) is 12.0. The van der Waals surface area contributed by atoms with Crippen LogP contribution in [0, 0.1) is 0 Å². The maximum atomic E-state index is 13.5. The Kier molecular flexibility index (Phi) is 8.74. The predicted molar refractivity (Wildman–Crippen MR) is 147 cm³/mol. The maximum absolute atomic E-state index is 13.5. The molecule has 0 aliphatic carbocycles. The van der Waals surface area contributed by atoms with Gasteiger partial charge >= 0.3 is 0 Å². The largest absolute Gasteiger partial charge is 0.457 e. The molecule has 4 aromatic carbocycles. The monoisotopic (exact) mass is 574 g/mol. The molecule has 0 fully saturated rings. The van der Waals surface area contributed by atoms with Crippen LogP contribution in [-0.2, 0) is 21.4 Å². The maximum Gasteiger partial charge on any atom is 0.243 e. The summed E-state index contributed by atoms with van der Waals surface area (Å²) >= 11 is 18.5. The van der Waals surface area contributed by atoms with Gasteiger partial charge in [0.25, 0.3) is 0 Å². The van der Waals surface area contributed by atoms with E-state index in [0.717, 1.165) is 4.31 Å². The van der Waals surface area contributed by atoms with Crippen molar-refractivity contribution in [3.8, 4) is 11.5 Å². The van der Waals surface area contributed by atoms with Crippen molar-refractivity contribution in [2.45, 2.75) is 11.4 Å². The van der Waals surface area contributed by atoms with Crippen molar-refractivity contribution < 1.29 is 17.9 Å². The number of hydrogen-bond acceptors (Lipinski definition) is 4. The number of hydrogen-bond donors (Lipinski definition) is 1. The van der Waals surface area contributed by atoms with Crippen molar-refractivity contribution in [3.63, 3.8) is 0 Å². The summed E-state index contributed by atoms with van der Waals surface area (Å²) in [5.41, 5.74) is 0.864. The SMILES string of the molecule is O=C(CN(Cc1c(Cl)cccc1Cl)S(=O)(=O)c1ccc(Cl)cc1)Nc1ccc(Oc2ccccc2)cc1. The summed E-state index contributed by atoms with van der Waals surface area (Å²) in [7, 11) is -4.10. The third-order valence-electron chi connectivity index (χ3n) is 5.28. The van der Waals surface area contributed by atoms with Crippen LogP contribution in [0.15, 0.2) is 102 Å². The molecule has 0 atom stereocenters. The molecule has 0 saturated carbocycles. The van der Waals surface area contributed by atoms with Gasteiger partial charge in [0.05, 0.1) is 11.4 Å². The lowest BCUT2D eigenvalue weighted by atomic mass is 10.2. The molecule has 37 heavy (non-hydrogen) atoms. The lowest BCUT2D eigenvalue weighted by Gasteiger charge is -2.23. The van der Waals surface area contributed by atoms with Gasteiger partial charge in [0.15, 0.2) is 0 Å². The molecule has 0 bridgehead atoms. The van der Waals surface area contributed by atoms with E-state index in [-0.39, 0.29) is 11.4 Å². The van der Waals surface area contributed by atoms with Gasteiger partial charge in [-0.3, -0.25) is 4.79 Å². The highest BCUT2D eigenvalue weighted by molar-refractivity contribution is 7.89. The summed E-state index contributed by atoms with van der Waals surface area (Å²) in [5.74, 6) is 0.725. The number of amides is 1. The average molecular weight is 576 g/mol. The van der Waals surface area contributed by atoms with Crippen LogP contribution in [0.2, 0.25) is 15.1 Å². The van der Waals surface area contributed by atoms with E-state index >= 15 is 0 Å². The summed E-state index contributed by atoms with van der Waals surface area (Å²) in [6.07, 6.45) is 0. The van der Waals surface area contributed by atoms with Crippen molar-refractivity contribution in [2.75, 3.05) is 11.9 Å². The van der Waals surface area contributed by atoms with Gasteiger partial charge in [0, 0.05) is 32.9 Å². The van der Waals surface area contributed by atoms with Crippen LogP contribution in [0.4, 0.5) is 5.69 Å². The standard InChI is InChI=1S/C27H21Cl3N2O4S/c28-19-9-15-23(16-10-19)37(34,35)32(17-24-25(29)7-4-8-26(24)30)18-27(33)31-20-11-13-22(14-12-20)36-21-5-2-1-3-6-21/h1-16H,17-18H2,(H,31,33). The number of benzene rings is 4. The Balaban J connectivity index is 1.53. The summed E-state index contributed by atoms with van der Waals surface area (Å²) < 4.78 is 33.7. The zero-order valence-electron chi connectivity index (χ0n) is 19.3. The minimum absolute atomic E-state index is 0.0183. The zero-order chi connectivity index (χ0) is 26.4. The number of anilines is 1. The first kappa shape index (κ1) is 27.0. The van der Waals surface area contributed by atoms with E-state index in [1.165, 1.54) is 24.3 Å². The summed E-state index contributed by atoms with van der Waals surface area (Å²) in [4.78, 5) is 12.9. The Morgan fingerprint density at radius 3 is 1.97 bits per heavy atom. The summed E-state index contributed by atoms with van der Waals surface area (Å²) in [5, 5.41) is 3.69. The van der Waals surface area contributed by atoms with Crippen molar-refractivity contribution in [2.24, 2.45) is 0 Å². The first-order valence-corrected chi connectivity index (χ1v) is 13.6. The molecule has 0 unspecified atom stereocenters. The molecule has 0 spiro atoms. The molecule has 4 rings (SSSR count). The molecule has 0 aliphatic heterocycles. The molecule has 0 aliphatic rings. The van der Waals surface area contributed by atoms with Gasteiger partial charge in [-0.15, -0.1) is 0 Å². The molecule has 0 aromatic heterocycles. The number of carbonyl (C=O) groups excluding carboxylic acids is 1. The quantitative estimate of drug-likeness (QED) is 0.228. The van der Waals surface area contributed by atoms with Crippen LogP contribution in [-0.4, -0.2) is 25.2 Å². The first-order chi connectivity index (χ1) is 17.7. The lowest BCUT2D eigenvalue weighted by Crippen LogP contribution is -2.37. The molecule has 0 heterocycles. The van der Waals surface area contributed by atoms with Crippen LogP contribution >= 0.6 is 34.8 Å². The molecule has 6 nitrogen and oxygen atoms in total. The van der Waals surface area contributed by atoms with Gasteiger partial charge in [0.1, 0.15) is 11.5 Å². The Labute approximate surface area is 230 Å². The van der Waals surface area contributed by atoms with Gasteiger partial charge in [-0.2, -0.15) is 4.31 Å². The summed E-state index contributed by atoms with van der Waals surface area (Å²) in [6, 6.07) is 26.6. The van der Waals surface area contributed by atoms with Crippen LogP contribution in [0.5, 0.6) is 11.5 Å². The minimum Gasteiger partial charge on any atom is -0.457 e. The number of rotatable bonds is 9. The van der Waals surface area contributed by atoms with Gasteiger partial charge in [-0.25, -0.2) is 8.42 Å². The molecule has 0 radical (unpaired) electrons. The fraction of sp³-hybridized carbons (Fsp3) is 0.0741. The van der Waals surface area contributed by atoms with E-state index in [0.29, 0.717) is 37.8 Å². The lowest BCUT2D eigenvalue weighted by molar-refractivity contribution is -0.116. The van der Waals surface area contributed by atoms with Gasteiger partial charge in [0.2, 0.25) is 15.9 Å². The molecule has 10 heteroatoms. The Bertz CT molecular complexity index is 1460. The van der Waals surface area contributed by atoms with E-state index in [9.17, 15) is 13.2 Å². The topological polar surface area (TPSA) is 75.7 Å². The molecular formula is C27H21Cl3N2O4S. The van der Waals surface area contributed by atoms with Crippen LogP contribution < -0.4 is 10.1 Å². The highest BCUT2D eigenvalue weighted by Gasteiger charge is 2.28. The third kappa shape index (κ3) is 7.03. The van der Waals surface area contributed by atoms with Crippen molar-refractivity contribution >= 4 is 56.4 Å². The fourth-order valence-electron chi connectivity index (χ4n) is 3.43. The zero-order valence-corrected chi connectivity index (χ0v) is 22.4. The van der Waals surface area contributed by atoms with E-state index in [1.54, 1.807) is 42.5 Å². The van der Waals surface area contributed by atoms with E-state index in [1.807, 2.05) is 30.3 Å². The number of halogens is 3. The fourth-order valence-corrected chi connectivity index (χ4v) is 5.44. The predicted octanol–water partition coefficient (Wildman–Crippen LogP) is 7.27. The molecule has 1 N–H and O–H groups in total. The number of sulfonamides is 1. The second-order valence-corrected chi connectivity index (χ2v) is 11.1. The molecule has 190 valence electrons. The normalized spacial score (nSPS) is 11.4. The van der Waals surface area contributed by atoms with E-state index in [4.69, 9.17) is 39.5 Å². The number of nitrogens with zero attached hydrogens (tertiary/aromatic N) is 1. The number of ether oxygens (including phenoxy) is 1. The smallest absolute Gasteiger partial charge is 0.243 e. The van der Waals surface area contributed by atoms with Crippen LogP contribution in [0.1, 0.15) is 5.56 Å². The number of para-hydroxylation sites is 1. The van der Waals surface area contributed by atoms with E-state index in [2.05, 4.69) is 5.32 Å². The summed E-state index contributed by atoms with van der Waals surface area (Å²) in [6.45, 7) is -0.685.